The van der Waals surface area contributed by atoms with E-state index < -0.39 is 0 Å². The molecule has 3 aromatic rings. The van der Waals surface area contributed by atoms with Crippen molar-refractivity contribution in [3.8, 4) is 58.2 Å². The fourth-order valence-electron chi connectivity index (χ4n) is 4.20. The van der Waals surface area contributed by atoms with E-state index in [9.17, 15) is 0 Å². The zero-order chi connectivity index (χ0) is 33.0. The summed E-state index contributed by atoms with van der Waals surface area (Å²) < 4.78 is 36.2. The predicted octanol–water partition coefficient (Wildman–Crippen LogP) is 9.22. The monoisotopic (exact) mass is 626 g/mol. The molecule has 6 heteroatoms. The van der Waals surface area contributed by atoms with Crippen LogP contribution in [-0.2, 0) is 0 Å². The molecule has 3 rings (SSSR count). The number of benzene rings is 3. The lowest BCUT2D eigenvalue weighted by atomic mass is 10.1. The maximum atomic E-state index is 6.21. The highest BCUT2D eigenvalue weighted by atomic mass is 16.5. The van der Waals surface area contributed by atoms with Crippen molar-refractivity contribution in [3.63, 3.8) is 0 Å². The van der Waals surface area contributed by atoms with Crippen LogP contribution in [0, 0.1) is 23.7 Å². The SMILES string of the molecule is CCCOc1ccc(OCCC)c(C#Cc2cc(OCCC)c(C#Cc3cc(OCCC)ccc3OCCC)cc2OCCC)c1. The predicted molar refractivity (Wildman–Crippen MR) is 186 cm³/mol. The van der Waals surface area contributed by atoms with Crippen molar-refractivity contribution < 1.29 is 28.4 Å². The third-order valence-electron chi connectivity index (χ3n) is 6.44. The Morgan fingerprint density at radius 2 is 0.630 bits per heavy atom. The van der Waals surface area contributed by atoms with Crippen LogP contribution < -0.4 is 28.4 Å². The molecule has 0 aromatic heterocycles. The maximum Gasteiger partial charge on any atom is 0.136 e. The fraction of sp³-hybridized carbons (Fsp3) is 0.450. The molecule has 0 aliphatic rings. The van der Waals surface area contributed by atoms with Crippen LogP contribution in [-0.4, -0.2) is 39.6 Å². The van der Waals surface area contributed by atoms with Crippen LogP contribution in [0.3, 0.4) is 0 Å². The van der Waals surface area contributed by atoms with Crippen LogP contribution >= 0.6 is 0 Å². The average molecular weight is 627 g/mol. The maximum absolute atomic E-state index is 6.21. The summed E-state index contributed by atoms with van der Waals surface area (Å²) in [6.07, 6.45) is 5.37. The van der Waals surface area contributed by atoms with Gasteiger partial charge in [-0.2, -0.15) is 0 Å². The van der Waals surface area contributed by atoms with Crippen molar-refractivity contribution in [3.05, 3.63) is 70.8 Å². The van der Waals surface area contributed by atoms with E-state index in [1.54, 1.807) is 0 Å². The van der Waals surface area contributed by atoms with Crippen molar-refractivity contribution in [2.75, 3.05) is 39.6 Å². The van der Waals surface area contributed by atoms with E-state index >= 15 is 0 Å². The zero-order valence-electron chi connectivity index (χ0n) is 28.6. The molecule has 246 valence electrons. The minimum Gasteiger partial charge on any atom is -0.494 e. The molecule has 0 spiro atoms. The molecule has 0 aliphatic heterocycles. The van der Waals surface area contributed by atoms with E-state index in [0.717, 1.165) is 72.6 Å². The summed E-state index contributed by atoms with van der Waals surface area (Å²) in [6.45, 7) is 16.1. The lowest BCUT2D eigenvalue weighted by Gasteiger charge is -2.13. The van der Waals surface area contributed by atoms with Gasteiger partial charge >= 0.3 is 0 Å². The highest BCUT2D eigenvalue weighted by Crippen LogP contribution is 2.31. The van der Waals surface area contributed by atoms with Gasteiger partial charge in [0.1, 0.15) is 34.5 Å². The van der Waals surface area contributed by atoms with Crippen LogP contribution in [0.15, 0.2) is 48.5 Å². The summed E-state index contributed by atoms with van der Waals surface area (Å²) in [5.41, 5.74) is 2.95. The summed E-state index contributed by atoms with van der Waals surface area (Å²) in [6, 6.07) is 15.4. The van der Waals surface area contributed by atoms with Crippen LogP contribution in [0.4, 0.5) is 0 Å². The summed E-state index contributed by atoms with van der Waals surface area (Å²) in [7, 11) is 0. The molecule has 6 nitrogen and oxygen atoms in total. The lowest BCUT2D eigenvalue weighted by molar-refractivity contribution is 0.307. The highest BCUT2D eigenvalue weighted by Gasteiger charge is 2.12. The van der Waals surface area contributed by atoms with Gasteiger partial charge in [0.2, 0.25) is 0 Å². The van der Waals surface area contributed by atoms with E-state index in [1.165, 1.54) is 0 Å². The largest absolute Gasteiger partial charge is 0.494 e. The number of ether oxygens (including phenoxy) is 6. The highest BCUT2D eigenvalue weighted by molar-refractivity contribution is 5.62. The first-order valence-corrected chi connectivity index (χ1v) is 16.8. The normalized spacial score (nSPS) is 10.2. The number of hydrogen-bond acceptors (Lipinski definition) is 6. The smallest absolute Gasteiger partial charge is 0.136 e. The van der Waals surface area contributed by atoms with Gasteiger partial charge < -0.3 is 28.4 Å². The second kappa shape index (κ2) is 20.6. The summed E-state index contributed by atoms with van der Waals surface area (Å²) in [4.78, 5) is 0. The molecule has 0 aliphatic carbocycles. The van der Waals surface area contributed by atoms with Gasteiger partial charge in [-0.05, 0) is 74.9 Å². The van der Waals surface area contributed by atoms with Gasteiger partial charge in [-0.1, -0.05) is 65.2 Å². The first-order valence-electron chi connectivity index (χ1n) is 16.8. The van der Waals surface area contributed by atoms with E-state index in [-0.39, 0.29) is 0 Å². The van der Waals surface area contributed by atoms with Crippen molar-refractivity contribution in [1.29, 1.82) is 0 Å². The molecule has 0 N–H and O–H groups in total. The van der Waals surface area contributed by atoms with Gasteiger partial charge in [0.05, 0.1) is 61.9 Å². The average Bonchev–Trinajstić information content (AvgIpc) is 3.08. The second-order valence-electron chi connectivity index (χ2n) is 10.8. The molecule has 3 aromatic carbocycles. The van der Waals surface area contributed by atoms with Crippen LogP contribution in [0.1, 0.15) is 102 Å². The third-order valence-corrected chi connectivity index (χ3v) is 6.44. The number of rotatable bonds is 18. The van der Waals surface area contributed by atoms with E-state index in [4.69, 9.17) is 28.4 Å². The van der Waals surface area contributed by atoms with Crippen molar-refractivity contribution in [2.45, 2.75) is 80.1 Å². The van der Waals surface area contributed by atoms with Crippen LogP contribution in [0.5, 0.6) is 34.5 Å². The summed E-state index contributed by atoms with van der Waals surface area (Å²) in [5.74, 6) is 17.6. The molecule has 0 amide bonds. The Morgan fingerprint density at radius 1 is 0.348 bits per heavy atom. The summed E-state index contributed by atoms with van der Waals surface area (Å²) >= 11 is 0. The Hall–Kier alpha value is -4.42. The van der Waals surface area contributed by atoms with Gasteiger partial charge in [-0.15, -0.1) is 0 Å². The van der Waals surface area contributed by atoms with Crippen LogP contribution in [0.25, 0.3) is 0 Å². The molecular formula is C40H50O6. The first kappa shape index (κ1) is 36.1. The van der Waals surface area contributed by atoms with E-state index in [0.29, 0.717) is 62.3 Å². The molecule has 0 saturated carbocycles. The molecule has 0 radical (unpaired) electrons. The van der Waals surface area contributed by atoms with Gasteiger partial charge in [0.25, 0.3) is 0 Å². The molecule has 0 unspecified atom stereocenters. The number of hydrogen-bond donors (Lipinski definition) is 0. The quantitative estimate of drug-likeness (QED) is 0.131. The molecule has 46 heavy (non-hydrogen) atoms. The van der Waals surface area contributed by atoms with Crippen molar-refractivity contribution >= 4 is 0 Å². The summed E-state index contributed by atoms with van der Waals surface area (Å²) in [5, 5.41) is 0. The molecule has 0 bridgehead atoms. The standard InChI is InChI=1S/C40H50O6/c1-7-21-41-35-17-19-37(43-23-9-3)31(27-35)13-15-33-29-40(46-26-12-6)34(30-39(33)45-25-11-5)16-14-32-28-36(42-22-8-2)18-20-38(32)44-24-10-4/h17-20,27-30H,7-12,21-26H2,1-6H3. The van der Waals surface area contributed by atoms with Crippen molar-refractivity contribution in [2.24, 2.45) is 0 Å². The van der Waals surface area contributed by atoms with E-state index in [1.807, 2.05) is 48.5 Å². The van der Waals surface area contributed by atoms with Gasteiger partial charge in [0.15, 0.2) is 0 Å². The zero-order valence-corrected chi connectivity index (χ0v) is 28.6. The van der Waals surface area contributed by atoms with Gasteiger partial charge in [-0.3, -0.25) is 0 Å². The Morgan fingerprint density at radius 3 is 0.957 bits per heavy atom. The van der Waals surface area contributed by atoms with Crippen LogP contribution in [0.2, 0.25) is 0 Å². The van der Waals surface area contributed by atoms with Crippen molar-refractivity contribution in [1.82, 2.24) is 0 Å². The topological polar surface area (TPSA) is 55.4 Å². The fourth-order valence-corrected chi connectivity index (χ4v) is 4.20. The first-order chi connectivity index (χ1) is 22.6. The Bertz CT molecular complexity index is 1370. The Kier molecular flexibility index (Phi) is 16.1. The minimum atomic E-state index is 0.549. The molecule has 0 fully saturated rings. The van der Waals surface area contributed by atoms with E-state index in [2.05, 4.69) is 65.2 Å². The lowest BCUT2D eigenvalue weighted by Crippen LogP contribution is -2.02. The molecule has 0 atom stereocenters. The third kappa shape index (κ3) is 11.5. The Labute approximate surface area is 276 Å². The van der Waals surface area contributed by atoms with Gasteiger partial charge in [0, 0.05) is 12.1 Å². The Balaban J connectivity index is 2.11. The molecule has 0 heterocycles. The van der Waals surface area contributed by atoms with Gasteiger partial charge in [-0.25, -0.2) is 0 Å². The molecule has 0 saturated heterocycles. The minimum absolute atomic E-state index is 0.549. The molecular weight excluding hydrogens is 576 g/mol. The second-order valence-corrected chi connectivity index (χ2v) is 10.8.